The number of nitrogens with zero attached hydrogens (tertiary/aromatic N) is 3. The quantitative estimate of drug-likeness (QED) is 0.850. The molecule has 1 aliphatic rings. The molecule has 8 heteroatoms. The van der Waals surface area contributed by atoms with E-state index in [9.17, 15) is 13.6 Å². The van der Waals surface area contributed by atoms with Crippen molar-refractivity contribution in [2.75, 3.05) is 5.32 Å². The van der Waals surface area contributed by atoms with Gasteiger partial charge in [0.2, 0.25) is 5.91 Å². The summed E-state index contributed by atoms with van der Waals surface area (Å²) in [5.41, 5.74) is 0.223. The van der Waals surface area contributed by atoms with Gasteiger partial charge in [-0.05, 0) is 38.8 Å². The third-order valence-corrected chi connectivity index (χ3v) is 4.64. The van der Waals surface area contributed by atoms with Gasteiger partial charge < -0.3 is 9.88 Å². The lowest BCUT2D eigenvalue weighted by Crippen LogP contribution is -2.23. The molecule has 1 amide bonds. The fourth-order valence-corrected chi connectivity index (χ4v) is 3.18. The van der Waals surface area contributed by atoms with Gasteiger partial charge in [0, 0.05) is 17.8 Å². The van der Waals surface area contributed by atoms with Crippen LogP contribution in [0, 0.1) is 18.6 Å². The van der Waals surface area contributed by atoms with E-state index < -0.39 is 16.9 Å². The van der Waals surface area contributed by atoms with E-state index in [4.69, 9.17) is 0 Å². The zero-order valence-electron chi connectivity index (χ0n) is 12.7. The molecule has 1 aromatic heterocycles. The summed E-state index contributed by atoms with van der Waals surface area (Å²) in [6.07, 6.45) is 2.20. The van der Waals surface area contributed by atoms with E-state index in [0.29, 0.717) is 11.2 Å². The van der Waals surface area contributed by atoms with Gasteiger partial charge in [-0.15, -0.1) is 10.2 Å². The van der Waals surface area contributed by atoms with Crippen LogP contribution < -0.4 is 5.32 Å². The van der Waals surface area contributed by atoms with Crippen LogP contribution in [0.5, 0.6) is 0 Å². The molecule has 1 atom stereocenters. The number of thioether (sulfide) groups is 1. The van der Waals surface area contributed by atoms with Gasteiger partial charge in [0.15, 0.2) is 16.8 Å². The first-order valence-electron chi connectivity index (χ1n) is 7.30. The zero-order chi connectivity index (χ0) is 16.6. The predicted octanol–water partition coefficient (Wildman–Crippen LogP) is 3.32. The Balaban J connectivity index is 1.67. The number of hydrogen-bond donors (Lipinski definition) is 1. The maximum atomic E-state index is 13.2. The summed E-state index contributed by atoms with van der Waals surface area (Å²) >= 11 is 1.30. The number of benzene rings is 1. The van der Waals surface area contributed by atoms with Gasteiger partial charge in [-0.3, -0.25) is 4.79 Å². The highest BCUT2D eigenvalue weighted by molar-refractivity contribution is 8.00. The van der Waals surface area contributed by atoms with Crippen molar-refractivity contribution in [3.05, 3.63) is 35.7 Å². The summed E-state index contributed by atoms with van der Waals surface area (Å²) < 4.78 is 28.1. The van der Waals surface area contributed by atoms with E-state index >= 15 is 0 Å². The first-order chi connectivity index (χ1) is 11.0. The summed E-state index contributed by atoms with van der Waals surface area (Å²) in [4.78, 5) is 12.2. The third kappa shape index (κ3) is 3.52. The standard InChI is InChI=1S/C15H16F2N4OS/c1-8(14(22)18-10-3-6-12(16)13(17)7-10)23-15-20-19-9(2)21(15)11-4-5-11/h3,6-8,11H,4-5H2,1-2H3,(H,18,22)/t8-/m1/s1. The van der Waals surface area contributed by atoms with Gasteiger partial charge in [0.05, 0.1) is 5.25 Å². The molecule has 1 aromatic carbocycles. The first kappa shape index (κ1) is 15.9. The average molecular weight is 338 g/mol. The van der Waals surface area contributed by atoms with Crippen LogP contribution in [0.1, 0.15) is 31.6 Å². The Morgan fingerprint density at radius 3 is 2.74 bits per heavy atom. The number of carbonyl (C=O) groups excluding carboxylic acids is 1. The number of rotatable bonds is 5. The number of anilines is 1. The zero-order valence-corrected chi connectivity index (χ0v) is 13.5. The molecule has 3 rings (SSSR count). The molecule has 0 radical (unpaired) electrons. The molecule has 1 fully saturated rings. The Labute approximate surface area is 136 Å². The highest BCUT2D eigenvalue weighted by Gasteiger charge is 2.29. The number of carbonyl (C=O) groups is 1. The summed E-state index contributed by atoms with van der Waals surface area (Å²) in [5.74, 6) is -1.40. The largest absolute Gasteiger partial charge is 0.325 e. The molecule has 23 heavy (non-hydrogen) atoms. The molecule has 122 valence electrons. The summed E-state index contributed by atoms with van der Waals surface area (Å²) in [6.45, 7) is 3.63. The van der Waals surface area contributed by atoms with Crippen LogP contribution in [-0.2, 0) is 4.79 Å². The van der Waals surface area contributed by atoms with E-state index in [1.165, 1.54) is 17.8 Å². The van der Waals surface area contributed by atoms with Gasteiger partial charge in [0.25, 0.3) is 0 Å². The molecule has 2 aromatic rings. The SMILES string of the molecule is Cc1nnc(S[C@H](C)C(=O)Nc2ccc(F)c(F)c2)n1C1CC1. The number of aromatic nitrogens is 3. The topological polar surface area (TPSA) is 59.8 Å². The number of aryl methyl sites for hydroxylation is 1. The minimum absolute atomic E-state index is 0.223. The van der Waals surface area contributed by atoms with Crippen LogP contribution in [0.25, 0.3) is 0 Å². The van der Waals surface area contributed by atoms with Gasteiger partial charge in [0.1, 0.15) is 5.82 Å². The van der Waals surface area contributed by atoms with E-state index in [1.807, 2.05) is 11.5 Å². The first-order valence-corrected chi connectivity index (χ1v) is 8.17. The number of hydrogen-bond acceptors (Lipinski definition) is 4. The van der Waals surface area contributed by atoms with E-state index in [1.54, 1.807) is 6.92 Å². The summed E-state index contributed by atoms with van der Waals surface area (Å²) in [5, 5.41) is 11.0. The van der Waals surface area contributed by atoms with Crippen molar-refractivity contribution in [1.82, 2.24) is 14.8 Å². The fraction of sp³-hybridized carbons (Fsp3) is 0.400. The Morgan fingerprint density at radius 1 is 1.35 bits per heavy atom. The van der Waals surface area contributed by atoms with Gasteiger partial charge in [-0.1, -0.05) is 11.8 Å². The van der Waals surface area contributed by atoms with E-state index in [-0.39, 0.29) is 11.6 Å². The maximum absolute atomic E-state index is 13.2. The van der Waals surface area contributed by atoms with E-state index in [0.717, 1.165) is 30.8 Å². The third-order valence-electron chi connectivity index (χ3n) is 3.59. The number of nitrogens with one attached hydrogen (secondary N) is 1. The lowest BCUT2D eigenvalue weighted by molar-refractivity contribution is -0.115. The van der Waals surface area contributed by atoms with Crippen molar-refractivity contribution in [3.63, 3.8) is 0 Å². The molecule has 0 spiro atoms. The molecule has 0 bridgehead atoms. The fourth-order valence-electron chi connectivity index (χ4n) is 2.21. The highest BCUT2D eigenvalue weighted by atomic mass is 32.2. The molecule has 0 aliphatic heterocycles. The van der Waals surface area contributed by atoms with Crippen LogP contribution in [0.3, 0.4) is 0 Å². The predicted molar refractivity (Wildman–Crippen MR) is 83.3 cm³/mol. The minimum atomic E-state index is -0.993. The second kappa shape index (κ2) is 6.27. The Morgan fingerprint density at radius 2 is 2.09 bits per heavy atom. The lowest BCUT2D eigenvalue weighted by Gasteiger charge is -2.13. The molecule has 0 unspecified atom stereocenters. The average Bonchev–Trinajstić information content (AvgIpc) is 3.27. The summed E-state index contributed by atoms with van der Waals surface area (Å²) in [6, 6.07) is 3.69. The van der Waals surface area contributed by atoms with Crippen LogP contribution in [0.2, 0.25) is 0 Å². The molecular formula is C15H16F2N4OS. The van der Waals surface area contributed by atoms with Crippen LogP contribution in [-0.4, -0.2) is 25.9 Å². The second-order valence-corrected chi connectivity index (χ2v) is 6.82. The smallest absolute Gasteiger partial charge is 0.237 e. The van der Waals surface area contributed by atoms with Crippen molar-refractivity contribution in [3.8, 4) is 0 Å². The normalized spacial score (nSPS) is 15.5. The molecular weight excluding hydrogens is 322 g/mol. The highest BCUT2D eigenvalue weighted by Crippen LogP contribution is 2.39. The van der Waals surface area contributed by atoms with Crippen molar-refractivity contribution in [2.45, 2.75) is 43.1 Å². The molecule has 1 heterocycles. The van der Waals surface area contributed by atoms with Crippen LogP contribution in [0.4, 0.5) is 14.5 Å². The second-order valence-electron chi connectivity index (χ2n) is 5.51. The van der Waals surface area contributed by atoms with Gasteiger partial charge in [-0.2, -0.15) is 0 Å². The van der Waals surface area contributed by atoms with Crippen molar-refractivity contribution < 1.29 is 13.6 Å². The van der Waals surface area contributed by atoms with Gasteiger partial charge in [-0.25, -0.2) is 8.78 Å². The number of amides is 1. The lowest BCUT2D eigenvalue weighted by atomic mass is 10.3. The molecule has 1 aliphatic carbocycles. The molecule has 1 saturated carbocycles. The van der Waals surface area contributed by atoms with Crippen molar-refractivity contribution in [1.29, 1.82) is 0 Å². The minimum Gasteiger partial charge on any atom is -0.325 e. The Hall–Kier alpha value is -1.96. The maximum Gasteiger partial charge on any atom is 0.237 e. The van der Waals surface area contributed by atoms with Crippen LogP contribution >= 0.6 is 11.8 Å². The van der Waals surface area contributed by atoms with E-state index in [2.05, 4.69) is 15.5 Å². The molecule has 1 N–H and O–H groups in total. The van der Waals surface area contributed by atoms with Crippen molar-refractivity contribution in [2.24, 2.45) is 0 Å². The van der Waals surface area contributed by atoms with Crippen LogP contribution in [0.15, 0.2) is 23.4 Å². The Kier molecular flexibility index (Phi) is 4.34. The summed E-state index contributed by atoms with van der Waals surface area (Å²) in [7, 11) is 0. The van der Waals surface area contributed by atoms with Crippen molar-refractivity contribution >= 4 is 23.4 Å². The Bertz CT molecular complexity index is 745. The molecule has 5 nitrogen and oxygen atoms in total. The molecule has 0 saturated heterocycles. The van der Waals surface area contributed by atoms with Gasteiger partial charge >= 0.3 is 0 Å². The monoisotopic (exact) mass is 338 g/mol. The number of halogens is 2.